The topological polar surface area (TPSA) is 86.3 Å². The molecule has 0 fully saturated rings. The average molecular weight is 346 g/mol. The summed E-state index contributed by atoms with van der Waals surface area (Å²) in [4.78, 5) is 4.16. The number of hydrogen-bond acceptors (Lipinski definition) is 4. The Morgan fingerprint density at radius 2 is 1.83 bits per heavy atom. The number of sulfonamides is 1. The number of aromatic nitrogens is 1. The molecular weight excluding hydrogens is 330 g/mol. The largest absolute Gasteiger partial charge is 0.273 e. The van der Waals surface area contributed by atoms with E-state index in [1.165, 1.54) is 17.1 Å². The molecular formula is C16H16N3O2S2+. The van der Waals surface area contributed by atoms with Gasteiger partial charge in [0, 0.05) is 11.6 Å². The zero-order valence-corrected chi connectivity index (χ0v) is 13.8. The van der Waals surface area contributed by atoms with E-state index in [1.807, 2.05) is 29.6 Å². The van der Waals surface area contributed by atoms with Gasteiger partial charge in [-0.2, -0.15) is 0 Å². The van der Waals surface area contributed by atoms with E-state index in [-0.39, 0.29) is 10.9 Å². The van der Waals surface area contributed by atoms with Gasteiger partial charge in [0.15, 0.2) is 6.04 Å². The quantitative estimate of drug-likeness (QED) is 0.744. The van der Waals surface area contributed by atoms with Gasteiger partial charge in [0.25, 0.3) is 5.82 Å². The molecule has 5 nitrogen and oxygen atoms in total. The molecule has 0 aliphatic carbocycles. The SMILES string of the molecule is NS(=O)(=O)c1ccc(N[C@@H](c2ccccc2)c2cccs2)[nH+]c1. The van der Waals surface area contributed by atoms with E-state index in [0.29, 0.717) is 5.82 Å². The van der Waals surface area contributed by atoms with Crippen molar-refractivity contribution in [3.05, 3.63) is 76.6 Å². The summed E-state index contributed by atoms with van der Waals surface area (Å²) < 4.78 is 22.6. The van der Waals surface area contributed by atoms with Crippen LogP contribution in [0.25, 0.3) is 0 Å². The molecule has 0 saturated carbocycles. The first-order chi connectivity index (χ1) is 11.0. The Hall–Kier alpha value is -2.22. The van der Waals surface area contributed by atoms with E-state index >= 15 is 0 Å². The maximum absolute atomic E-state index is 11.3. The first-order valence-electron chi connectivity index (χ1n) is 6.93. The number of aromatic amines is 1. The van der Waals surface area contributed by atoms with Crippen LogP contribution in [0.2, 0.25) is 0 Å². The van der Waals surface area contributed by atoms with Gasteiger partial charge >= 0.3 is 0 Å². The molecule has 1 aromatic carbocycles. The second-order valence-electron chi connectivity index (χ2n) is 4.99. The number of hydrogen-bond donors (Lipinski definition) is 2. The Bertz CT molecular complexity index is 861. The number of anilines is 1. The number of H-pyrrole nitrogens is 1. The molecule has 2 aromatic heterocycles. The second kappa shape index (κ2) is 6.49. The number of rotatable bonds is 5. The lowest BCUT2D eigenvalue weighted by atomic mass is 10.1. The fraction of sp³-hybridized carbons (Fsp3) is 0.0625. The van der Waals surface area contributed by atoms with Gasteiger partial charge in [-0.15, -0.1) is 11.3 Å². The van der Waals surface area contributed by atoms with Crippen LogP contribution in [-0.4, -0.2) is 8.42 Å². The molecule has 3 aromatic rings. The fourth-order valence-electron chi connectivity index (χ4n) is 2.25. The van der Waals surface area contributed by atoms with E-state index in [0.717, 1.165) is 5.56 Å². The lowest BCUT2D eigenvalue weighted by Crippen LogP contribution is -2.21. The van der Waals surface area contributed by atoms with Crippen LogP contribution in [0.15, 0.2) is 71.1 Å². The number of pyridine rings is 1. The zero-order valence-electron chi connectivity index (χ0n) is 12.1. The number of thiophene rings is 1. The molecule has 1 atom stereocenters. The highest BCUT2D eigenvalue weighted by Gasteiger charge is 2.20. The molecule has 0 spiro atoms. The van der Waals surface area contributed by atoms with Gasteiger partial charge in [0.2, 0.25) is 10.0 Å². The maximum atomic E-state index is 11.3. The van der Waals surface area contributed by atoms with E-state index < -0.39 is 10.0 Å². The first-order valence-corrected chi connectivity index (χ1v) is 9.36. The standard InChI is InChI=1S/C16H15N3O2S2/c17-23(20,21)13-8-9-15(18-11-13)19-16(14-7-4-10-22-14)12-5-2-1-3-6-12/h1-11,16H,(H,18,19)(H2,17,20,21)/p+1/t16-/m0/s1. The van der Waals surface area contributed by atoms with E-state index in [1.54, 1.807) is 17.4 Å². The molecule has 0 radical (unpaired) electrons. The molecule has 0 amide bonds. The Morgan fingerprint density at radius 1 is 1.04 bits per heavy atom. The van der Waals surface area contributed by atoms with Gasteiger partial charge in [-0.25, -0.2) is 18.5 Å². The predicted molar refractivity (Wildman–Crippen MR) is 90.6 cm³/mol. The summed E-state index contributed by atoms with van der Waals surface area (Å²) in [6, 6.07) is 17.3. The van der Waals surface area contributed by atoms with Crippen molar-refractivity contribution in [1.82, 2.24) is 0 Å². The van der Waals surface area contributed by atoms with Crippen molar-refractivity contribution < 1.29 is 13.4 Å². The molecule has 0 aliphatic rings. The van der Waals surface area contributed by atoms with Crippen LogP contribution < -0.4 is 15.4 Å². The van der Waals surface area contributed by atoms with Crippen LogP contribution in [0.4, 0.5) is 5.82 Å². The van der Waals surface area contributed by atoms with Gasteiger partial charge in [-0.1, -0.05) is 36.4 Å². The monoisotopic (exact) mass is 346 g/mol. The third-order valence-electron chi connectivity index (χ3n) is 3.37. The van der Waals surface area contributed by atoms with Crippen LogP contribution in [0.1, 0.15) is 16.5 Å². The van der Waals surface area contributed by atoms with Gasteiger partial charge in [-0.05, 0) is 17.5 Å². The van der Waals surface area contributed by atoms with Crippen molar-refractivity contribution in [2.24, 2.45) is 5.14 Å². The third-order valence-corrected chi connectivity index (χ3v) is 5.22. The summed E-state index contributed by atoms with van der Waals surface area (Å²) in [5.41, 5.74) is 1.12. The van der Waals surface area contributed by atoms with Gasteiger partial charge in [0.05, 0.1) is 4.88 Å². The summed E-state index contributed by atoms with van der Waals surface area (Å²) >= 11 is 1.66. The van der Waals surface area contributed by atoms with Crippen LogP contribution in [0, 0.1) is 0 Å². The lowest BCUT2D eigenvalue weighted by molar-refractivity contribution is -0.364. The number of benzene rings is 1. The molecule has 0 aliphatic heterocycles. The smallest absolute Gasteiger partial charge is 0.262 e. The van der Waals surface area contributed by atoms with Crippen molar-refractivity contribution in [2.45, 2.75) is 10.9 Å². The molecule has 7 heteroatoms. The van der Waals surface area contributed by atoms with E-state index in [9.17, 15) is 8.42 Å². The van der Waals surface area contributed by atoms with Gasteiger partial charge in [-0.3, -0.25) is 5.32 Å². The summed E-state index contributed by atoms with van der Waals surface area (Å²) in [6.45, 7) is 0. The summed E-state index contributed by atoms with van der Waals surface area (Å²) in [5.74, 6) is 0.708. The molecule has 0 saturated heterocycles. The molecule has 3 rings (SSSR count). The Morgan fingerprint density at radius 3 is 2.39 bits per heavy atom. The molecule has 0 bridgehead atoms. The van der Waals surface area contributed by atoms with Crippen molar-refractivity contribution in [1.29, 1.82) is 0 Å². The third kappa shape index (κ3) is 3.76. The van der Waals surface area contributed by atoms with Crippen LogP contribution in [-0.2, 0) is 10.0 Å². The Balaban J connectivity index is 1.90. The molecule has 4 N–H and O–H groups in total. The van der Waals surface area contributed by atoms with Crippen molar-refractivity contribution >= 4 is 27.2 Å². The molecule has 118 valence electrons. The first kappa shape index (κ1) is 15.7. The number of nitrogens with one attached hydrogen (secondary N) is 2. The van der Waals surface area contributed by atoms with E-state index in [2.05, 4.69) is 28.5 Å². The van der Waals surface area contributed by atoms with Crippen LogP contribution in [0.5, 0.6) is 0 Å². The second-order valence-corrected chi connectivity index (χ2v) is 7.53. The minimum atomic E-state index is -3.70. The van der Waals surface area contributed by atoms with Crippen molar-refractivity contribution in [3.63, 3.8) is 0 Å². The predicted octanol–water partition coefficient (Wildman–Crippen LogP) is 2.41. The summed E-state index contributed by atoms with van der Waals surface area (Å²) in [7, 11) is -3.70. The van der Waals surface area contributed by atoms with Crippen molar-refractivity contribution in [3.8, 4) is 0 Å². The normalized spacial score (nSPS) is 12.7. The van der Waals surface area contributed by atoms with Crippen molar-refractivity contribution in [2.75, 3.05) is 5.32 Å². The average Bonchev–Trinajstić information content (AvgIpc) is 3.07. The summed E-state index contributed by atoms with van der Waals surface area (Å²) in [5, 5.41) is 10.5. The lowest BCUT2D eigenvalue weighted by Gasteiger charge is -2.13. The zero-order chi connectivity index (χ0) is 16.3. The molecule has 23 heavy (non-hydrogen) atoms. The highest BCUT2D eigenvalue weighted by molar-refractivity contribution is 7.89. The van der Waals surface area contributed by atoms with Gasteiger partial charge < -0.3 is 0 Å². The number of primary sulfonamides is 1. The van der Waals surface area contributed by atoms with Crippen LogP contribution >= 0.6 is 11.3 Å². The molecule has 2 heterocycles. The fourth-order valence-corrected chi connectivity index (χ4v) is 3.54. The Kier molecular flexibility index (Phi) is 4.42. The minimum absolute atomic E-state index is 0.0206. The maximum Gasteiger partial charge on any atom is 0.273 e. The molecule has 0 unspecified atom stereocenters. The number of nitrogens with two attached hydrogens (primary N) is 1. The van der Waals surface area contributed by atoms with Crippen LogP contribution in [0.3, 0.4) is 0 Å². The highest BCUT2D eigenvalue weighted by Crippen LogP contribution is 2.28. The highest BCUT2D eigenvalue weighted by atomic mass is 32.2. The summed E-state index contributed by atoms with van der Waals surface area (Å²) in [6.07, 6.45) is 1.38. The van der Waals surface area contributed by atoms with E-state index in [4.69, 9.17) is 5.14 Å². The minimum Gasteiger partial charge on any atom is -0.262 e. The van der Waals surface area contributed by atoms with Gasteiger partial charge in [0.1, 0.15) is 11.1 Å². The Labute approximate surface area is 138 Å².